The van der Waals surface area contributed by atoms with E-state index in [2.05, 4.69) is 21.9 Å². The van der Waals surface area contributed by atoms with Gasteiger partial charge in [0.2, 0.25) is 5.88 Å². The SMILES string of the molecule is CC.CCl.Cc1ccc(CN2C(=O)COc3ccc(Nc4ccc(Oc5cccc(C#N)n5)cc4)cc32)cc1. The topological polar surface area (TPSA) is 87.5 Å². The molecule has 0 saturated carbocycles. The summed E-state index contributed by atoms with van der Waals surface area (Å²) < 4.78 is 11.4. The van der Waals surface area contributed by atoms with E-state index in [0.29, 0.717) is 29.6 Å². The van der Waals surface area contributed by atoms with Crippen molar-refractivity contribution in [2.45, 2.75) is 27.3 Å². The standard InChI is InChI=1S/C28H22N4O3.C2H6.CH3Cl/c1-19-5-7-20(8-6-19)17-32-25-15-22(11-14-26(25)34-18-28(32)33)30-21-9-12-24(13-10-21)35-27-4-2-3-23(16-29)31-27;2*1-2/h2-15,30H,17-18H2,1H3;1-2H3;1H3. The fourth-order valence-corrected chi connectivity index (χ4v) is 3.76. The zero-order chi connectivity index (χ0) is 28.2. The van der Waals surface area contributed by atoms with Gasteiger partial charge < -0.3 is 19.7 Å². The molecule has 0 spiro atoms. The third-order valence-electron chi connectivity index (χ3n) is 5.57. The molecule has 2 heterocycles. The summed E-state index contributed by atoms with van der Waals surface area (Å²) in [6.45, 7) is 6.55. The van der Waals surface area contributed by atoms with Gasteiger partial charge >= 0.3 is 0 Å². The normalized spacial score (nSPS) is 11.4. The van der Waals surface area contributed by atoms with Crippen LogP contribution in [0, 0.1) is 18.3 Å². The molecule has 0 fully saturated rings. The van der Waals surface area contributed by atoms with E-state index in [9.17, 15) is 4.79 Å². The van der Waals surface area contributed by atoms with Gasteiger partial charge in [-0.3, -0.25) is 4.79 Å². The van der Waals surface area contributed by atoms with Crippen LogP contribution in [0.25, 0.3) is 0 Å². The number of amides is 1. The summed E-state index contributed by atoms with van der Waals surface area (Å²) in [5.74, 6) is 1.56. The van der Waals surface area contributed by atoms with Gasteiger partial charge in [-0.1, -0.05) is 49.7 Å². The smallest absolute Gasteiger partial charge is 0.265 e. The minimum absolute atomic E-state index is 0.0270. The number of nitriles is 1. The largest absolute Gasteiger partial charge is 0.482 e. The molecule has 1 aromatic heterocycles. The van der Waals surface area contributed by atoms with Gasteiger partial charge in [0.25, 0.3) is 5.91 Å². The Bertz CT molecular complexity index is 1420. The van der Waals surface area contributed by atoms with Crippen LogP contribution in [-0.4, -0.2) is 23.9 Å². The average molecular weight is 543 g/mol. The van der Waals surface area contributed by atoms with Gasteiger partial charge in [-0.2, -0.15) is 5.26 Å². The molecule has 0 atom stereocenters. The van der Waals surface area contributed by atoms with Crippen LogP contribution < -0.4 is 19.7 Å². The Morgan fingerprint density at radius 1 is 1.00 bits per heavy atom. The summed E-state index contributed by atoms with van der Waals surface area (Å²) in [6.07, 6.45) is 1.47. The first-order chi connectivity index (χ1) is 19.1. The van der Waals surface area contributed by atoms with Crippen LogP contribution in [0.2, 0.25) is 0 Å². The maximum atomic E-state index is 12.7. The number of anilines is 3. The summed E-state index contributed by atoms with van der Waals surface area (Å²) >= 11 is 4.64. The molecule has 7 nitrogen and oxygen atoms in total. The monoisotopic (exact) mass is 542 g/mol. The molecule has 0 aliphatic carbocycles. The molecule has 5 rings (SSSR count). The number of nitrogens with one attached hydrogen (secondary N) is 1. The minimum Gasteiger partial charge on any atom is -0.482 e. The third kappa shape index (κ3) is 7.73. The van der Waals surface area contributed by atoms with E-state index in [1.54, 1.807) is 23.1 Å². The maximum absolute atomic E-state index is 12.7. The number of hydrogen-bond donors (Lipinski definition) is 1. The number of halogens is 1. The first-order valence-corrected chi connectivity index (χ1v) is 13.3. The van der Waals surface area contributed by atoms with Crippen molar-refractivity contribution in [3.8, 4) is 23.4 Å². The van der Waals surface area contributed by atoms with Crippen molar-refractivity contribution >= 4 is 34.6 Å². The second kappa shape index (κ2) is 14.4. The first kappa shape index (κ1) is 29.0. The van der Waals surface area contributed by atoms with Crippen LogP contribution in [0.5, 0.6) is 17.4 Å². The summed E-state index contributed by atoms with van der Waals surface area (Å²) in [7, 11) is 0. The van der Waals surface area contributed by atoms with Gasteiger partial charge in [-0.25, -0.2) is 4.98 Å². The highest BCUT2D eigenvalue weighted by Gasteiger charge is 2.26. The quantitative estimate of drug-likeness (QED) is 0.252. The van der Waals surface area contributed by atoms with Gasteiger partial charge in [-0.15, -0.1) is 11.6 Å². The lowest BCUT2D eigenvalue weighted by atomic mass is 10.1. The Morgan fingerprint density at radius 2 is 1.69 bits per heavy atom. The summed E-state index contributed by atoms with van der Waals surface area (Å²) in [5, 5.41) is 12.3. The number of aryl methyl sites for hydroxylation is 1. The molecule has 1 aliphatic heterocycles. The van der Waals surface area contributed by atoms with Gasteiger partial charge in [0.05, 0.1) is 12.2 Å². The number of fused-ring (bicyclic) bond motifs is 1. The Balaban J connectivity index is 0.00000100. The molecule has 0 bridgehead atoms. The van der Waals surface area contributed by atoms with E-state index in [4.69, 9.17) is 14.7 Å². The lowest BCUT2D eigenvalue weighted by Gasteiger charge is -2.30. The number of carbonyl (C=O) groups excluding carboxylic acids is 1. The molecule has 1 aliphatic rings. The van der Waals surface area contributed by atoms with E-state index in [0.717, 1.165) is 22.6 Å². The van der Waals surface area contributed by atoms with Gasteiger partial charge in [-0.05, 0) is 61.0 Å². The summed E-state index contributed by atoms with van der Waals surface area (Å²) in [6, 6.07) is 28.3. The number of carbonyl (C=O) groups is 1. The van der Waals surface area contributed by atoms with Gasteiger partial charge in [0.15, 0.2) is 6.61 Å². The first-order valence-electron chi connectivity index (χ1n) is 12.5. The lowest BCUT2D eigenvalue weighted by Crippen LogP contribution is -2.38. The molecule has 3 aromatic carbocycles. The Morgan fingerprint density at radius 3 is 2.38 bits per heavy atom. The number of hydrogen-bond acceptors (Lipinski definition) is 6. The van der Waals surface area contributed by atoms with Crippen LogP contribution in [-0.2, 0) is 11.3 Å². The number of pyridine rings is 1. The molecule has 39 heavy (non-hydrogen) atoms. The predicted octanol–water partition coefficient (Wildman–Crippen LogP) is 7.60. The molecule has 8 heteroatoms. The van der Waals surface area contributed by atoms with Crippen LogP contribution in [0.4, 0.5) is 17.1 Å². The second-order valence-corrected chi connectivity index (χ2v) is 8.16. The molecule has 1 amide bonds. The molecule has 200 valence electrons. The molecule has 0 unspecified atom stereocenters. The van der Waals surface area contributed by atoms with E-state index in [-0.39, 0.29) is 12.5 Å². The van der Waals surface area contributed by atoms with Gasteiger partial charge in [0.1, 0.15) is 23.3 Å². The number of rotatable bonds is 6. The van der Waals surface area contributed by atoms with Crippen molar-refractivity contribution in [2.75, 3.05) is 23.2 Å². The van der Waals surface area contributed by atoms with Crippen LogP contribution in [0.15, 0.2) is 84.9 Å². The van der Waals surface area contributed by atoms with Crippen LogP contribution in [0.1, 0.15) is 30.7 Å². The molecule has 0 radical (unpaired) electrons. The maximum Gasteiger partial charge on any atom is 0.265 e. The average Bonchev–Trinajstić information content (AvgIpc) is 2.99. The van der Waals surface area contributed by atoms with Crippen molar-refractivity contribution in [2.24, 2.45) is 0 Å². The van der Waals surface area contributed by atoms with Crippen molar-refractivity contribution in [1.29, 1.82) is 5.26 Å². The number of benzene rings is 3. The summed E-state index contributed by atoms with van der Waals surface area (Å²) in [5.41, 5.74) is 4.94. The van der Waals surface area contributed by atoms with E-state index in [1.807, 2.05) is 93.6 Å². The zero-order valence-electron chi connectivity index (χ0n) is 22.4. The summed E-state index contributed by atoms with van der Waals surface area (Å²) in [4.78, 5) is 18.5. The Kier molecular flexibility index (Phi) is 10.7. The lowest BCUT2D eigenvalue weighted by molar-refractivity contribution is -0.121. The fourth-order valence-electron chi connectivity index (χ4n) is 3.76. The number of nitrogens with zero attached hydrogens (tertiary/aromatic N) is 3. The molecule has 0 saturated heterocycles. The third-order valence-corrected chi connectivity index (χ3v) is 5.57. The highest BCUT2D eigenvalue weighted by molar-refractivity contribution is 6.15. The Labute approximate surface area is 234 Å². The predicted molar refractivity (Wildman–Crippen MR) is 156 cm³/mol. The van der Waals surface area contributed by atoms with E-state index >= 15 is 0 Å². The van der Waals surface area contributed by atoms with Crippen molar-refractivity contribution in [3.05, 3.63) is 102 Å². The van der Waals surface area contributed by atoms with Crippen LogP contribution in [0.3, 0.4) is 0 Å². The molecule has 4 aromatic rings. The number of alkyl halides is 1. The molecular formula is C31H31ClN4O3. The fraction of sp³-hybridized carbons (Fsp3) is 0.194. The Hall–Kier alpha value is -4.54. The number of aromatic nitrogens is 1. The van der Waals surface area contributed by atoms with Crippen molar-refractivity contribution in [3.63, 3.8) is 0 Å². The highest BCUT2D eigenvalue weighted by atomic mass is 35.5. The van der Waals surface area contributed by atoms with Gasteiger partial charge in [0, 0.05) is 23.8 Å². The number of ether oxygens (including phenoxy) is 2. The van der Waals surface area contributed by atoms with E-state index in [1.165, 1.54) is 11.9 Å². The van der Waals surface area contributed by atoms with Crippen molar-refractivity contribution < 1.29 is 14.3 Å². The molecular weight excluding hydrogens is 512 g/mol. The van der Waals surface area contributed by atoms with E-state index < -0.39 is 0 Å². The van der Waals surface area contributed by atoms with Crippen molar-refractivity contribution in [1.82, 2.24) is 4.98 Å². The molecule has 1 N–H and O–H groups in total. The second-order valence-electron chi connectivity index (χ2n) is 8.16. The zero-order valence-corrected chi connectivity index (χ0v) is 23.2. The van der Waals surface area contributed by atoms with Crippen LogP contribution >= 0.6 is 11.6 Å². The highest BCUT2D eigenvalue weighted by Crippen LogP contribution is 2.36. The minimum atomic E-state index is -0.0780.